The molecule has 5 heteroatoms. The average Bonchev–Trinajstić information content (AvgIpc) is 2.54. The summed E-state index contributed by atoms with van der Waals surface area (Å²) in [5.41, 5.74) is 2.88. The van der Waals surface area contributed by atoms with Crippen molar-refractivity contribution in [3.05, 3.63) is 46.1 Å². The van der Waals surface area contributed by atoms with Crippen LogP contribution in [0.15, 0.2) is 40.5 Å². The van der Waals surface area contributed by atoms with E-state index >= 15 is 0 Å². The molecule has 1 aromatic rings. The van der Waals surface area contributed by atoms with Gasteiger partial charge in [0.1, 0.15) is 5.92 Å². The number of carbonyl (C=O) groups is 2. The minimum atomic E-state index is -0.610. The molecule has 1 aliphatic heterocycles. The molecule has 1 heterocycles. The summed E-state index contributed by atoms with van der Waals surface area (Å²) in [5.74, 6) is -1.36. The van der Waals surface area contributed by atoms with Gasteiger partial charge in [-0.2, -0.15) is 0 Å². The van der Waals surface area contributed by atoms with E-state index in [9.17, 15) is 9.59 Å². The third kappa shape index (κ3) is 2.72. The molecule has 2 aliphatic rings. The Bertz CT molecular complexity index is 736. The lowest BCUT2D eigenvalue weighted by atomic mass is 9.72. The quantitative estimate of drug-likeness (QED) is 0.776. The van der Waals surface area contributed by atoms with Crippen molar-refractivity contribution in [3.63, 3.8) is 0 Å². The number of nitrogens with zero attached hydrogens (tertiary/aromatic N) is 1. The predicted molar refractivity (Wildman–Crippen MR) is 88.7 cm³/mol. The number of Topliss-reactive ketones (excluding diaryl/α,β-unsaturated/α-hetero) is 1. The first-order valence-corrected chi connectivity index (χ1v) is 8.06. The minimum Gasteiger partial charge on any atom is -0.468 e. The Labute approximate surface area is 140 Å². The van der Waals surface area contributed by atoms with Crippen LogP contribution in [0.2, 0.25) is 5.02 Å². The highest BCUT2D eigenvalue weighted by Crippen LogP contribution is 2.45. The van der Waals surface area contributed by atoms with E-state index in [1.807, 2.05) is 25.1 Å². The molecule has 0 bridgehead atoms. The van der Waals surface area contributed by atoms with Gasteiger partial charge in [0.25, 0.3) is 0 Å². The van der Waals surface area contributed by atoms with Crippen molar-refractivity contribution in [2.24, 2.45) is 10.9 Å². The highest BCUT2D eigenvalue weighted by atomic mass is 35.5. The van der Waals surface area contributed by atoms with Crippen LogP contribution in [-0.4, -0.2) is 24.6 Å². The van der Waals surface area contributed by atoms with Gasteiger partial charge in [0.05, 0.1) is 7.11 Å². The fourth-order valence-electron chi connectivity index (χ4n) is 3.50. The van der Waals surface area contributed by atoms with Gasteiger partial charge in [-0.15, -0.1) is 0 Å². The molecular formula is C18H18ClNO3. The second-order valence-electron chi connectivity index (χ2n) is 5.89. The maximum absolute atomic E-state index is 12.6. The number of hydrogen-bond donors (Lipinski definition) is 0. The zero-order valence-electron chi connectivity index (χ0n) is 13.1. The fourth-order valence-corrected chi connectivity index (χ4v) is 3.76. The van der Waals surface area contributed by atoms with Crippen molar-refractivity contribution in [2.75, 3.05) is 7.11 Å². The van der Waals surface area contributed by atoms with Crippen molar-refractivity contribution in [1.29, 1.82) is 0 Å². The molecule has 0 spiro atoms. The standard InChI is InChI=1S/C18H18ClNO3/c1-10-15(18(22)23-2)16(11-6-3-4-7-12(11)19)17-13(20-10)8-5-9-14(17)21/h3-4,6-7,15-16H,5,8-9H2,1-2H3/t15?,16-/m0/s1. The number of benzene rings is 1. The van der Waals surface area contributed by atoms with Crippen LogP contribution in [0.1, 0.15) is 37.7 Å². The van der Waals surface area contributed by atoms with Gasteiger partial charge in [0.2, 0.25) is 0 Å². The highest BCUT2D eigenvalue weighted by molar-refractivity contribution is 6.31. The number of halogens is 1. The van der Waals surface area contributed by atoms with E-state index in [2.05, 4.69) is 4.99 Å². The first-order valence-electron chi connectivity index (χ1n) is 7.68. The van der Waals surface area contributed by atoms with Gasteiger partial charge >= 0.3 is 5.97 Å². The molecule has 120 valence electrons. The van der Waals surface area contributed by atoms with Gasteiger partial charge < -0.3 is 4.74 Å². The average molecular weight is 332 g/mol. The Kier molecular flexibility index (Phi) is 4.35. The molecule has 1 unspecified atom stereocenters. The molecule has 3 rings (SSSR count). The van der Waals surface area contributed by atoms with Gasteiger partial charge in [-0.05, 0) is 31.4 Å². The van der Waals surface area contributed by atoms with Crippen molar-refractivity contribution >= 4 is 29.1 Å². The molecule has 0 radical (unpaired) electrons. The van der Waals surface area contributed by atoms with Crippen LogP contribution in [0.3, 0.4) is 0 Å². The number of allylic oxidation sites excluding steroid dienone is 2. The molecule has 0 amide bonds. The summed E-state index contributed by atoms with van der Waals surface area (Å²) < 4.78 is 4.97. The molecule has 1 aromatic carbocycles. The number of hydrogen-bond acceptors (Lipinski definition) is 4. The molecule has 0 fully saturated rings. The Morgan fingerprint density at radius 1 is 1.30 bits per heavy atom. The lowest BCUT2D eigenvalue weighted by Crippen LogP contribution is -2.37. The van der Waals surface area contributed by atoms with E-state index in [4.69, 9.17) is 16.3 Å². The van der Waals surface area contributed by atoms with Gasteiger partial charge in [0.15, 0.2) is 5.78 Å². The minimum absolute atomic E-state index is 0.0568. The summed E-state index contributed by atoms with van der Waals surface area (Å²) in [4.78, 5) is 29.5. The number of ether oxygens (including phenoxy) is 1. The predicted octanol–water partition coefficient (Wildman–Crippen LogP) is 3.69. The van der Waals surface area contributed by atoms with Crippen LogP contribution in [-0.2, 0) is 14.3 Å². The van der Waals surface area contributed by atoms with E-state index in [-0.39, 0.29) is 11.8 Å². The summed E-state index contributed by atoms with van der Waals surface area (Å²) in [6.07, 6.45) is 2.04. The van der Waals surface area contributed by atoms with Crippen LogP contribution in [0.4, 0.5) is 0 Å². The molecule has 0 N–H and O–H groups in total. The molecule has 1 aliphatic carbocycles. The van der Waals surface area contributed by atoms with Crippen molar-refractivity contribution in [1.82, 2.24) is 0 Å². The van der Waals surface area contributed by atoms with Gasteiger partial charge in [-0.3, -0.25) is 14.6 Å². The summed E-state index contributed by atoms with van der Waals surface area (Å²) in [7, 11) is 1.35. The number of ketones is 1. The summed E-state index contributed by atoms with van der Waals surface area (Å²) in [6.45, 7) is 1.81. The van der Waals surface area contributed by atoms with E-state index in [1.165, 1.54) is 7.11 Å². The first-order chi connectivity index (χ1) is 11.0. The van der Waals surface area contributed by atoms with Gasteiger partial charge in [0, 0.05) is 34.3 Å². The Morgan fingerprint density at radius 2 is 2.04 bits per heavy atom. The largest absolute Gasteiger partial charge is 0.468 e. The number of rotatable bonds is 2. The summed E-state index contributed by atoms with van der Waals surface area (Å²) in [5, 5.41) is 0.548. The molecular weight excluding hydrogens is 314 g/mol. The maximum Gasteiger partial charge on any atom is 0.315 e. The number of carbonyl (C=O) groups excluding carboxylic acids is 2. The topological polar surface area (TPSA) is 55.7 Å². The number of aliphatic imine (C=N–C) groups is 1. The zero-order valence-corrected chi connectivity index (χ0v) is 13.9. The summed E-state index contributed by atoms with van der Waals surface area (Å²) in [6, 6.07) is 7.35. The SMILES string of the molecule is COC(=O)C1C(C)=NC2=C(C(=O)CCC2)[C@H]1c1ccccc1Cl. The van der Waals surface area contributed by atoms with Crippen LogP contribution in [0, 0.1) is 5.92 Å². The summed E-state index contributed by atoms with van der Waals surface area (Å²) >= 11 is 6.37. The van der Waals surface area contributed by atoms with Crippen LogP contribution in [0.25, 0.3) is 0 Å². The lowest BCUT2D eigenvalue weighted by molar-refractivity contribution is -0.143. The third-order valence-corrected chi connectivity index (χ3v) is 4.87. The van der Waals surface area contributed by atoms with Gasteiger partial charge in [-0.1, -0.05) is 29.8 Å². The molecule has 0 saturated carbocycles. The van der Waals surface area contributed by atoms with Crippen LogP contribution in [0.5, 0.6) is 0 Å². The molecule has 0 saturated heterocycles. The molecule has 2 atom stereocenters. The van der Waals surface area contributed by atoms with Crippen LogP contribution < -0.4 is 0 Å². The molecule has 23 heavy (non-hydrogen) atoms. The number of methoxy groups -OCH3 is 1. The van der Waals surface area contributed by atoms with E-state index in [0.29, 0.717) is 22.7 Å². The fraction of sp³-hybridized carbons (Fsp3) is 0.389. The Hall–Kier alpha value is -1.94. The lowest BCUT2D eigenvalue weighted by Gasteiger charge is -2.34. The Morgan fingerprint density at radius 3 is 2.74 bits per heavy atom. The maximum atomic E-state index is 12.6. The van der Waals surface area contributed by atoms with Crippen LogP contribution >= 0.6 is 11.6 Å². The normalized spacial score (nSPS) is 24.1. The van der Waals surface area contributed by atoms with Gasteiger partial charge in [-0.25, -0.2) is 0 Å². The van der Waals surface area contributed by atoms with Crippen molar-refractivity contribution in [2.45, 2.75) is 32.1 Å². The first kappa shape index (κ1) is 15.9. The molecule has 0 aromatic heterocycles. The second kappa shape index (κ2) is 6.28. The second-order valence-corrected chi connectivity index (χ2v) is 6.30. The Balaban J connectivity index is 2.22. The number of esters is 1. The highest BCUT2D eigenvalue weighted by Gasteiger charge is 2.43. The molecule has 4 nitrogen and oxygen atoms in total. The smallest absolute Gasteiger partial charge is 0.315 e. The third-order valence-electron chi connectivity index (χ3n) is 4.53. The zero-order chi connectivity index (χ0) is 16.6. The van der Waals surface area contributed by atoms with E-state index in [0.717, 1.165) is 24.1 Å². The van der Waals surface area contributed by atoms with Crippen molar-refractivity contribution < 1.29 is 14.3 Å². The van der Waals surface area contributed by atoms with E-state index in [1.54, 1.807) is 6.07 Å². The monoisotopic (exact) mass is 331 g/mol. The van der Waals surface area contributed by atoms with Crippen molar-refractivity contribution in [3.8, 4) is 0 Å². The van der Waals surface area contributed by atoms with E-state index < -0.39 is 11.8 Å².